The van der Waals surface area contributed by atoms with Crippen LogP contribution in [0.2, 0.25) is 0 Å². The summed E-state index contributed by atoms with van der Waals surface area (Å²) in [6.07, 6.45) is 0.662. The van der Waals surface area contributed by atoms with E-state index in [2.05, 4.69) is 5.32 Å². The average Bonchev–Trinajstić information content (AvgIpc) is 2.44. The lowest BCUT2D eigenvalue weighted by Crippen LogP contribution is -2.43. The van der Waals surface area contributed by atoms with Crippen LogP contribution in [0.5, 0.6) is 0 Å². The highest BCUT2D eigenvalue weighted by Crippen LogP contribution is 2.19. The predicted molar refractivity (Wildman–Crippen MR) is 72.4 cm³/mol. The van der Waals surface area contributed by atoms with Gasteiger partial charge in [-0.3, -0.25) is 14.9 Å². The molecule has 0 fully saturated rings. The largest absolute Gasteiger partial charge is 0.352 e. The van der Waals surface area contributed by atoms with E-state index in [9.17, 15) is 14.9 Å². The Kier molecular flexibility index (Phi) is 5.00. The lowest BCUT2D eigenvalue weighted by atomic mass is 9.86. The third kappa shape index (κ3) is 3.75. The highest BCUT2D eigenvalue weighted by molar-refractivity contribution is 5.82. The van der Waals surface area contributed by atoms with E-state index in [4.69, 9.17) is 5.73 Å². The standard InChI is InChI=1S/C13H19N3O3/c1-3-13(2,9-14)12(17)15-8-10-4-6-11(7-5-10)16(18)19/h4-7H,3,8-9,14H2,1-2H3,(H,15,17). The van der Waals surface area contributed by atoms with E-state index < -0.39 is 10.3 Å². The first-order valence-corrected chi connectivity index (χ1v) is 6.14. The zero-order valence-electron chi connectivity index (χ0n) is 11.2. The fourth-order valence-corrected chi connectivity index (χ4v) is 1.53. The lowest BCUT2D eigenvalue weighted by Gasteiger charge is -2.24. The lowest BCUT2D eigenvalue weighted by molar-refractivity contribution is -0.384. The van der Waals surface area contributed by atoms with Crippen molar-refractivity contribution < 1.29 is 9.72 Å². The molecule has 1 amide bonds. The number of non-ortho nitro benzene ring substituents is 1. The number of nitrogens with one attached hydrogen (secondary N) is 1. The number of carbonyl (C=O) groups excluding carboxylic acids is 1. The monoisotopic (exact) mass is 265 g/mol. The fourth-order valence-electron chi connectivity index (χ4n) is 1.53. The van der Waals surface area contributed by atoms with Gasteiger partial charge in [0, 0.05) is 25.2 Å². The molecule has 104 valence electrons. The summed E-state index contributed by atoms with van der Waals surface area (Å²) >= 11 is 0. The molecule has 6 heteroatoms. The Balaban J connectivity index is 2.62. The first kappa shape index (κ1) is 15.1. The number of nitro benzene ring substituents is 1. The van der Waals surface area contributed by atoms with Crippen molar-refractivity contribution in [1.29, 1.82) is 0 Å². The number of hydrogen-bond acceptors (Lipinski definition) is 4. The average molecular weight is 265 g/mol. The minimum absolute atomic E-state index is 0.0374. The second-order valence-electron chi connectivity index (χ2n) is 4.72. The molecule has 0 bridgehead atoms. The molecule has 1 atom stereocenters. The maximum Gasteiger partial charge on any atom is 0.269 e. The predicted octanol–water partition coefficient (Wildman–Crippen LogP) is 1.59. The summed E-state index contributed by atoms with van der Waals surface area (Å²) in [5.74, 6) is -0.101. The molecule has 19 heavy (non-hydrogen) atoms. The molecule has 0 saturated carbocycles. The fraction of sp³-hybridized carbons (Fsp3) is 0.462. The molecule has 0 heterocycles. The molecule has 1 rings (SSSR count). The number of nitrogens with zero attached hydrogens (tertiary/aromatic N) is 1. The van der Waals surface area contributed by atoms with E-state index in [1.807, 2.05) is 13.8 Å². The van der Waals surface area contributed by atoms with E-state index >= 15 is 0 Å². The molecule has 3 N–H and O–H groups in total. The van der Waals surface area contributed by atoms with Crippen molar-refractivity contribution in [1.82, 2.24) is 5.32 Å². The molecule has 1 unspecified atom stereocenters. The maximum atomic E-state index is 12.0. The summed E-state index contributed by atoms with van der Waals surface area (Å²) in [5.41, 5.74) is 5.89. The van der Waals surface area contributed by atoms with Crippen LogP contribution < -0.4 is 11.1 Å². The summed E-state index contributed by atoms with van der Waals surface area (Å²) in [6.45, 7) is 4.36. The van der Waals surface area contributed by atoms with Gasteiger partial charge < -0.3 is 11.1 Å². The van der Waals surface area contributed by atoms with Gasteiger partial charge in [0.1, 0.15) is 0 Å². The van der Waals surface area contributed by atoms with Gasteiger partial charge in [0.25, 0.3) is 5.69 Å². The minimum Gasteiger partial charge on any atom is -0.352 e. The molecule has 0 radical (unpaired) electrons. The molecule has 1 aromatic carbocycles. The normalized spacial score (nSPS) is 13.6. The van der Waals surface area contributed by atoms with Crippen molar-refractivity contribution in [2.24, 2.45) is 11.1 Å². The van der Waals surface area contributed by atoms with Gasteiger partial charge in [-0.05, 0) is 18.9 Å². The number of rotatable bonds is 6. The van der Waals surface area contributed by atoms with Crippen molar-refractivity contribution >= 4 is 11.6 Å². The number of benzene rings is 1. The maximum absolute atomic E-state index is 12.0. The SMILES string of the molecule is CCC(C)(CN)C(=O)NCc1ccc([N+](=O)[O-])cc1. The Morgan fingerprint density at radius 1 is 1.42 bits per heavy atom. The van der Waals surface area contributed by atoms with Crippen LogP contribution in [0.15, 0.2) is 24.3 Å². The zero-order valence-corrected chi connectivity index (χ0v) is 11.2. The van der Waals surface area contributed by atoms with Crippen molar-refractivity contribution in [3.63, 3.8) is 0 Å². The van der Waals surface area contributed by atoms with Crippen molar-refractivity contribution in [2.45, 2.75) is 26.8 Å². The Bertz CT molecular complexity index is 453. The van der Waals surface area contributed by atoms with Gasteiger partial charge in [-0.1, -0.05) is 19.1 Å². The summed E-state index contributed by atoms with van der Waals surface area (Å²) < 4.78 is 0. The summed E-state index contributed by atoms with van der Waals surface area (Å²) in [7, 11) is 0. The van der Waals surface area contributed by atoms with Gasteiger partial charge in [0.15, 0.2) is 0 Å². The Morgan fingerprint density at radius 2 is 2.00 bits per heavy atom. The van der Waals surface area contributed by atoms with Crippen LogP contribution in [0, 0.1) is 15.5 Å². The smallest absolute Gasteiger partial charge is 0.269 e. The molecular weight excluding hydrogens is 246 g/mol. The van der Waals surface area contributed by atoms with Crippen LogP contribution in [-0.4, -0.2) is 17.4 Å². The van der Waals surface area contributed by atoms with Crippen molar-refractivity contribution in [3.8, 4) is 0 Å². The van der Waals surface area contributed by atoms with E-state index in [0.717, 1.165) is 5.56 Å². The highest BCUT2D eigenvalue weighted by Gasteiger charge is 2.29. The van der Waals surface area contributed by atoms with Gasteiger partial charge in [0.2, 0.25) is 5.91 Å². The first-order chi connectivity index (χ1) is 8.92. The van der Waals surface area contributed by atoms with Gasteiger partial charge in [-0.2, -0.15) is 0 Å². The number of hydrogen-bond donors (Lipinski definition) is 2. The molecule has 0 aliphatic heterocycles. The first-order valence-electron chi connectivity index (χ1n) is 6.14. The van der Waals surface area contributed by atoms with Crippen molar-refractivity contribution in [3.05, 3.63) is 39.9 Å². The second-order valence-corrected chi connectivity index (χ2v) is 4.72. The van der Waals surface area contributed by atoms with Crippen LogP contribution in [0.3, 0.4) is 0 Å². The Morgan fingerprint density at radius 3 is 2.42 bits per heavy atom. The molecule has 0 aliphatic rings. The molecule has 1 aromatic rings. The highest BCUT2D eigenvalue weighted by atomic mass is 16.6. The Labute approximate surface area is 112 Å². The third-order valence-electron chi connectivity index (χ3n) is 3.38. The van der Waals surface area contributed by atoms with Crippen LogP contribution in [-0.2, 0) is 11.3 Å². The quantitative estimate of drug-likeness (QED) is 0.602. The molecular formula is C13H19N3O3. The van der Waals surface area contributed by atoms with Gasteiger partial charge >= 0.3 is 0 Å². The molecule has 0 aliphatic carbocycles. The number of nitro groups is 1. The van der Waals surface area contributed by atoms with Crippen LogP contribution in [0.25, 0.3) is 0 Å². The van der Waals surface area contributed by atoms with Crippen LogP contribution in [0.4, 0.5) is 5.69 Å². The molecule has 0 spiro atoms. The summed E-state index contributed by atoms with van der Waals surface area (Å²) in [4.78, 5) is 22.0. The zero-order chi connectivity index (χ0) is 14.5. The second kappa shape index (κ2) is 6.29. The van der Waals surface area contributed by atoms with Gasteiger partial charge in [-0.15, -0.1) is 0 Å². The van der Waals surface area contributed by atoms with Crippen LogP contribution >= 0.6 is 0 Å². The summed E-state index contributed by atoms with van der Waals surface area (Å²) in [5, 5.41) is 13.3. The van der Waals surface area contributed by atoms with E-state index in [1.54, 1.807) is 12.1 Å². The van der Waals surface area contributed by atoms with Gasteiger partial charge in [-0.25, -0.2) is 0 Å². The van der Waals surface area contributed by atoms with E-state index in [1.165, 1.54) is 12.1 Å². The third-order valence-corrected chi connectivity index (χ3v) is 3.38. The number of nitrogens with two attached hydrogens (primary N) is 1. The van der Waals surface area contributed by atoms with Gasteiger partial charge in [0.05, 0.1) is 10.3 Å². The van der Waals surface area contributed by atoms with E-state index in [0.29, 0.717) is 13.0 Å². The number of carbonyl (C=O) groups is 1. The Hall–Kier alpha value is -1.95. The molecule has 6 nitrogen and oxygen atoms in total. The van der Waals surface area contributed by atoms with Crippen molar-refractivity contribution in [2.75, 3.05) is 6.54 Å². The minimum atomic E-state index is -0.569. The number of amides is 1. The van der Waals surface area contributed by atoms with Crippen LogP contribution in [0.1, 0.15) is 25.8 Å². The summed E-state index contributed by atoms with van der Waals surface area (Å²) in [6, 6.07) is 6.10. The topological polar surface area (TPSA) is 98.3 Å². The molecule has 0 aromatic heterocycles. The molecule has 0 saturated heterocycles. The van der Waals surface area contributed by atoms with E-state index in [-0.39, 0.29) is 18.1 Å².